The smallest absolute Gasteiger partial charge is 0.305 e. The average molecular weight is 270 g/mol. The third kappa shape index (κ3) is 6.60. The molecule has 2 atom stereocenters. The van der Waals surface area contributed by atoms with Gasteiger partial charge in [0.1, 0.15) is 0 Å². The lowest BCUT2D eigenvalue weighted by Gasteiger charge is -2.21. The Morgan fingerprint density at radius 2 is 1.32 bits per heavy atom. The zero-order chi connectivity index (χ0) is 14.1. The second-order valence-corrected chi connectivity index (χ2v) is 5.36. The molecule has 0 aromatic rings. The van der Waals surface area contributed by atoms with Crippen LogP contribution in [0.2, 0.25) is 0 Å². The van der Waals surface area contributed by atoms with E-state index in [1.54, 1.807) is 0 Å². The van der Waals surface area contributed by atoms with Crippen LogP contribution in [0.4, 0.5) is 0 Å². The van der Waals surface area contributed by atoms with Gasteiger partial charge in [-0.3, -0.25) is 9.59 Å². The molecule has 19 heavy (non-hydrogen) atoms. The van der Waals surface area contributed by atoms with Gasteiger partial charge in [-0.05, 0) is 31.1 Å². The fourth-order valence-electron chi connectivity index (χ4n) is 2.28. The molecule has 1 aliphatic heterocycles. The lowest BCUT2D eigenvalue weighted by Crippen LogP contribution is -2.20. The molecule has 0 saturated carbocycles. The van der Waals surface area contributed by atoms with Gasteiger partial charge in [0, 0.05) is 12.8 Å². The summed E-state index contributed by atoms with van der Waals surface area (Å²) in [6.07, 6.45) is 5.12. The van der Waals surface area contributed by atoms with Crippen LogP contribution in [0.3, 0.4) is 0 Å². The van der Waals surface area contributed by atoms with Crippen molar-refractivity contribution in [1.82, 2.24) is 0 Å². The molecule has 1 saturated heterocycles. The summed E-state index contributed by atoms with van der Waals surface area (Å²) in [5, 5.41) is 0. The number of carbonyl (C=O) groups is 2. The summed E-state index contributed by atoms with van der Waals surface area (Å²) in [6.45, 7) is 5.21. The number of hydrogen-bond donors (Lipinski definition) is 0. The van der Waals surface area contributed by atoms with Gasteiger partial charge in [0.2, 0.25) is 0 Å². The Labute approximate surface area is 115 Å². The Balaban J connectivity index is 2.58. The fraction of sp³-hybridized carbons (Fsp3) is 0.867. The van der Waals surface area contributed by atoms with Crippen molar-refractivity contribution in [2.75, 3.05) is 13.2 Å². The Hall–Kier alpha value is -1.06. The van der Waals surface area contributed by atoms with E-state index in [1.165, 1.54) is 0 Å². The summed E-state index contributed by atoms with van der Waals surface area (Å²) in [5.74, 6) is 0.458. The molecule has 0 aromatic heterocycles. The topological polar surface area (TPSA) is 52.6 Å². The first kappa shape index (κ1) is 16.0. The highest BCUT2D eigenvalue weighted by Crippen LogP contribution is 2.20. The Bertz CT molecular complexity index is 260. The first-order valence-electron chi connectivity index (χ1n) is 7.46. The lowest BCUT2D eigenvalue weighted by atomic mass is 9.92. The highest BCUT2D eigenvalue weighted by Gasteiger charge is 2.18. The van der Waals surface area contributed by atoms with Crippen molar-refractivity contribution in [3.63, 3.8) is 0 Å². The predicted molar refractivity (Wildman–Crippen MR) is 72.6 cm³/mol. The molecule has 2 unspecified atom stereocenters. The average Bonchev–Trinajstić information content (AvgIpc) is 2.43. The number of ether oxygens (including phenoxy) is 2. The molecule has 0 spiro atoms. The van der Waals surface area contributed by atoms with Crippen molar-refractivity contribution in [3.8, 4) is 0 Å². The Morgan fingerprint density at radius 3 is 1.68 bits per heavy atom. The Morgan fingerprint density at radius 1 is 0.895 bits per heavy atom. The SMILES string of the molecule is CCC1COC(=O)CCCCC(=O)OCC(CC)C1. The number of esters is 2. The van der Waals surface area contributed by atoms with Crippen LogP contribution in [0.5, 0.6) is 0 Å². The van der Waals surface area contributed by atoms with Crippen LogP contribution < -0.4 is 0 Å². The fourth-order valence-corrected chi connectivity index (χ4v) is 2.28. The van der Waals surface area contributed by atoms with Crippen molar-refractivity contribution >= 4 is 11.9 Å². The third-order valence-electron chi connectivity index (χ3n) is 3.79. The predicted octanol–water partition coefficient (Wildman–Crippen LogP) is 3.09. The van der Waals surface area contributed by atoms with Crippen LogP contribution in [0.15, 0.2) is 0 Å². The maximum atomic E-state index is 11.5. The van der Waals surface area contributed by atoms with Crippen LogP contribution in [0.25, 0.3) is 0 Å². The molecule has 0 aliphatic carbocycles. The van der Waals surface area contributed by atoms with Gasteiger partial charge in [-0.25, -0.2) is 0 Å². The van der Waals surface area contributed by atoms with Crippen molar-refractivity contribution in [3.05, 3.63) is 0 Å². The van der Waals surface area contributed by atoms with Crippen molar-refractivity contribution < 1.29 is 19.1 Å². The molecule has 1 rings (SSSR count). The minimum atomic E-state index is -0.140. The summed E-state index contributed by atoms with van der Waals surface area (Å²) < 4.78 is 10.6. The second kappa shape index (κ2) is 8.94. The van der Waals surface area contributed by atoms with E-state index in [0.29, 0.717) is 50.7 Å². The van der Waals surface area contributed by atoms with E-state index >= 15 is 0 Å². The first-order valence-corrected chi connectivity index (χ1v) is 7.46. The van der Waals surface area contributed by atoms with Gasteiger partial charge in [0.05, 0.1) is 13.2 Å². The van der Waals surface area contributed by atoms with Crippen molar-refractivity contribution in [2.45, 2.75) is 58.8 Å². The van der Waals surface area contributed by atoms with E-state index in [0.717, 1.165) is 19.3 Å². The van der Waals surface area contributed by atoms with E-state index < -0.39 is 0 Å². The van der Waals surface area contributed by atoms with Crippen LogP contribution >= 0.6 is 0 Å². The molecule has 0 amide bonds. The number of hydrogen-bond acceptors (Lipinski definition) is 4. The lowest BCUT2D eigenvalue weighted by molar-refractivity contribution is -0.146. The minimum Gasteiger partial charge on any atom is -0.465 e. The normalized spacial score (nSPS) is 27.5. The summed E-state index contributed by atoms with van der Waals surface area (Å²) in [5.41, 5.74) is 0. The van der Waals surface area contributed by atoms with Crippen molar-refractivity contribution in [2.24, 2.45) is 11.8 Å². The van der Waals surface area contributed by atoms with Gasteiger partial charge in [-0.1, -0.05) is 26.7 Å². The molecule has 0 aromatic carbocycles. The molecule has 0 radical (unpaired) electrons. The van der Waals surface area contributed by atoms with E-state index in [4.69, 9.17) is 9.47 Å². The van der Waals surface area contributed by atoms with E-state index in [9.17, 15) is 9.59 Å². The van der Waals surface area contributed by atoms with E-state index in [2.05, 4.69) is 13.8 Å². The first-order chi connectivity index (χ1) is 9.15. The maximum Gasteiger partial charge on any atom is 0.305 e. The number of cyclic esters (lactones) is 2. The quantitative estimate of drug-likeness (QED) is 0.724. The highest BCUT2D eigenvalue weighted by atomic mass is 16.5. The summed E-state index contributed by atoms with van der Waals surface area (Å²) >= 11 is 0. The molecule has 1 heterocycles. The summed E-state index contributed by atoms with van der Waals surface area (Å²) in [4.78, 5) is 23.1. The molecule has 110 valence electrons. The molecule has 0 N–H and O–H groups in total. The second-order valence-electron chi connectivity index (χ2n) is 5.36. The zero-order valence-corrected chi connectivity index (χ0v) is 12.2. The van der Waals surface area contributed by atoms with Gasteiger partial charge >= 0.3 is 11.9 Å². The molecule has 4 nitrogen and oxygen atoms in total. The van der Waals surface area contributed by atoms with Gasteiger partial charge in [0.15, 0.2) is 0 Å². The van der Waals surface area contributed by atoms with Gasteiger partial charge in [-0.2, -0.15) is 0 Å². The van der Waals surface area contributed by atoms with Crippen LogP contribution in [0, 0.1) is 11.8 Å². The minimum absolute atomic E-state index is 0.140. The largest absolute Gasteiger partial charge is 0.465 e. The standard InChI is InChI=1S/C15H26O4/c1-3-12-9-13(4-2)11-19-15(17)8-6-5-7-14(16)18-10-12/h12-13H,3-11H2,1-2H3. The van der Waals surface area contributed by atoms with E-state index in [1.807, 2.05) is 0 Å². The van der Waals surface area contributed by atoms with Crippen LogP contribution in [0.1, 0.15) is 58.8 Å². The number of rotatable bonds is 2. The molecule has 1 fully saturated rings. The molecule has 0 bridgehead atoms. The van der Waals surface area contributed by atoms with Crippen LogP contribution in [-0.4, -0.2) is 25.2 Å². The maximum absolute atomic E-state index is 11.5. The summed E-state index contributed by atoms with van der Waals surface area (Å²) in [6, 6.07) is 0. The van der Waals surface area contributed by atoms with Crippen molar-refractivity contribution in [1.29, 1.82) is 0 Å². The van der Waals surface area contributed by atoms with Crippen LogP contribution in [-0.2, 0) is 19.1 Å². The van der Waals surface area contributed by atoms with Gasteiger partial charge in [-0.15, -0.1) is 0 Å². The molecule has 1 aliphatic rings. The third-order valence-corrected chi connectivity index (χ3v) is 3.79. The Kier molecular flexibility index (Phi) is 7.53. The number of carbonyl (C=O) groups excluding carboxylic acids is 2. The molecular weight excluding hydrogens is 244 g/mol. The monoisotopic (exact) mass is 270 g/mol. The molecular formula is C15H26O4. The molecule has 4 heteroatoms. The van der Waals surface area contributed by atoms with Gasteiger partial charge < -0.3 is 9.47 Å². The summed E-state index contributed by atoms with van der Waals surface area (Å²) in [7, 11) is 0. The van der Waals surface area contributed by atoms with E-state index in [-0.39, 0.29) is 11.9 Å². The van der Waals surface area contributed by atoms with Gasteiger partial charge in [0.25, 0.3) is 0 Å². The zero-order valence-electron chi connectivity index (χ0n) is 12.2. The highest BCUT2D eigenvalue weighted by molar-refractivity contribution is 5.70.